The average Bonchev–Trinajstić information content (AvgIpc) is 3.68. The molecular formula is C35H41FN4O5Si. The molecular weight excluding hydrogens is 603 g/mol. The summed E-state index contributed by atoms with van der Waals surface area (Å²) >= 11 is 0. The fourth-order valence-corrected chi connectivity index (χ4v) is 10.3. The van der Waals surface area contributed by atoms with Crippen molar-refractivity contribution in [1.29, 1.82) is 0 Å². The van der Waals surface area contributed by atoms with Crippen molar-refractivity contribution in [2.24, 2.45) is 5.92 Å². The van der Waals surface area contributed by atoms with Crippen LogP contribution in [0.3, 0.4) is 0 Å². The minimum Gasteiger partial charge on any atom is -0.399 e. The summed E-state index contributed by atoms with van der Waals surface area (Å²) in [7, 11) is -3.44. The van der Waals surface area contributed by atoms with Gasteiger partial charge in [-0.15, -0.1) is 0 Å². The number of aliphatic hydroxyl groups excluding tert-OH is 1. The van der Waals surface area contributed by atoms with Gasteiger partial charge in [0.1, 0.15) is 0 Å². The van der Waals surface area contributed by atoms with Gasteiger partial charge in [0.15, 0.2) is 5.60 Å². The average molecular weight is 645 g/mol. The molecule has 3 aliphatic heterocycles. The van der Waals surface area contributed by atoms with Gasteiger partial charge in [0.05, 0.1) is 37.4 Å². The summed E-state index contributed by atoms with van der Waals surface area (Å²) in [5.74, 6) is -1.27. The molecule has 0 bridgehead atoms. The fraction of sp³-hybridized carbons (Fsp3) is 0.400. The molecule has 2 saturated heterocycles. The first-order chi connectivity index (χ1) is 21.9. The van der Waals surface area contributed by atoms with Crippen LogP contribution in [0.5, 0.6) is 0 Å². The predicted octanol–water partition coefficient (Wildman–Crippen LogP) is 5.22. The molecule has 3 aromatic carbocycles. The highest BCUT2D eigenvalue weighted by Crippen LogP contribution is 2.60. The smallest absolute Gasteiger partial charge is 0.264 e. The Morgan fingerprint density at radius 1 is 1.11 bits per heavy atom. The number of hydrogen-bond donors (Lipinski definition) is 3. The van der Waals surface area contributed by atoms with Crippen molar-refractivity contribution >= 4 is 43.2 Å². The highest BCUT2D eigenvalue weighted by Gasteiger charge is 2.67. The molecule has 5 atom stereocenters. The molecule has 11 heteroatoms. The third kappa shape index (κ3) is 5.60. The van der Waals surface area contributed by atoms with E-state index in [9.17, 15) is 19.5 Å². The van der Waals surface area contributed by atoms with Gasteiger partial charge in [0, 0.05) is 40.5 Å². The van der Waals surface area contributed by atoms with Gasteiger partial charge >= 0.3 is 0 Å². The number of nitrogens with one attached hydrogen (secondary N) is 1. The van der Waals surface area contributed by atoms with Crippen molar-refractivity contribution < 1.29 is 28.3 Å². The minimum atomic E-state index is -3.44. The molecule has 0 saturated carbocycles. The number of halogens is 1. The molecule has 0 radical (unpaired) electrons. The van der Waals surface area contributed by atoms with Crippen LogP contribution in [0.1, 0.15) is 47.7 Å². The second kappa shape index (κ2) is 12.3. The van der Waals surface area contributed by atoms with Gasteiger partial charge in [-0.3, -0.25) is 14.4 Å². The van der Waals surface area contributed by atoms with E-state index in [1.165, 1.54) is 0 Å². The number of nitrogens with zero attached hydrogens (tertiary/aromatic N) is 2. The zero-order valence-electron chi connectivity index (χ0n) is 26.4. The maximum atomic E-state index is 16.2. The molecule has 2 fully saturated rings. The molecule has 0 aromatic heterocycles. The van der Waals surface area contributed by atoms with Gasteiger partial charge in [0.2, 0.25) is 14.3 Å². The summed E-state index contributed by atoms with van der Waals surface area (Å²) in [6.45, 7) is 5.75. The third-order valence-corrected chi connectivity index (χ3v) is 12.3. The molecule has 0 aliphatic carbocycles. The van der Waals surface area contributed by atoms with Crippen molar-refractivity contribution in [2.75, 3.05) is 29.1 Å². The Morgan fingerprint density at radius 2 is 1.85 bits per heavy atom. The molecule has 46 heavy (non-hydrogen) atoms. The van der Waals surface area contributed by atoms with E-state index in [4.69, 9.17) is 10.5 Å². The minimum absolute atomic E-state index is 0.0429. The van der Waals surface area contributed by atoms with E-state index < -0.39 is 31.6 Å². The molecule has 242 valence electrons. The summed E-state index contributed by atoms with van der Waals surface area (Å²) in [5.41, 5.74) is 7.46. The number of carbonyl (C=O) groups is 3. The van der Waals surface area contributed by atoms with Crippen molar-refractivity contribution in [3.63, 3.8) is 0 Å². The Kier molecular flexibility index (Phi) is 8.51. The van der Waals surface area contributed by atoms with E-state index in [0.717, 1.165) is 18.4 Å². The van der Waals surface area contributed by atoms with Crippen molar-refractivity contribution in [1.82, 2.24) is 4.90 Å². The van der Waals surface area contributed by atoms with Gasteiger partial charge in [-0.2, -0.15) is 0 Å². The number of anilines is 3. The first-order valence-corrected chi connectivity index (χ1v) is 18.8. The molecule has 4 N–H and O–H groups in total. The Balaban J connectivity index is 1.28. The monoisotopic (exact) mass is 644 g/mol. The second-order valence-electron chi connectivity index (χ2n) is 13.2. The van der Waals surface area contributed by atoms with E-state index in [1.807, 2.05) is 49.4 Å². The largest absolute Gasteiger partial charge is 0.399 e. The number of nitrogen functional groups attached to an aromatic ring is 1. The molecule has 3 aliphatic rings. The SMILES string of the molecule is C[C@@H]1[C@@H]([Si](C)(C)F)[C@H](CC(=O)N2CCC[C@H]2CO)O[C@@]12C(=O)N(Cc1cccc(NC(=O)c3ccc(N)cc3)c1)c1ccccc12. The normalized spacial score (nSPS) is 25.7. The van der Waals surface area contributed by atoms with Crippen LogP contribution in [-0.2, 0) is 26.5 Å². The van der Waals surface area contributed by atoms with Gasteiger partial charge in [-0.25, -0.2) is 0 Å². The number of likely N-dealkylation sites (tertiary alicyclic amines) is 1. The fourth-order valence-electron chi connectivity index (χ4n) is 7.77. The number of nitrogens with two attached hydrogens (primary N) is 1. The van der Waals surface area contributed by atoms with E-state index in [0.29, 0.717) is 34.7 Å². The Labute approximate surface area is 269 Å². The Morgan fingerprint density at radius 3 is 2.57 bits per heavy atom. The summed E-state index contributed by atoms with van der Waals surface area (Å²) in [5, 5.41) is 12.7. The van der Waals surface area contributed by atoms with Crippen molar-refractivity contribution in [3.8, 4) is 0 Å². The molecule has 3 amide bonds. The van der Waals surface area contributed by atoms with Crippen LogP contribution in [0, 0.1) is 5.92 Å². The van der Waals surface area contributed by atoms with Gasteiger partial charge in [0.25, 0.3) is 11.8 Å². The summed E-state index contributed by atoms with van der Waals surface area (Å²) in [6, 6.07) is 21.1. The van der Waals surface area contributed by atoms with Gasteiger partial charge < -0.3 is 34.8 Å². The maximum Gasteiger partial charge on any atom is 0.264 e. The van der Waals surface area contributed by atoms with Crippen LogP contribution in [-0.4, -0.2) is 61.4 Å². The van der Waals surface area contributed by atoms with Crippen molar-refractivity contribution in [3.05, 3.63) is 89.5 Å². The van der Waals surface area contributed by atoms with Crippen LogP contribution < -0.4 is 16.0 Å². The maximum absolute atomic E-state index is 16.2. The highest BCUT2D eigenvalue weighted by atomic mass is 28.4. The van der Waals surface area contributed by atoms with Crippen LogP contribution in [0.25, 0.3) is 0 Å². The predicted molar refractivity (Wildman–Crippen MR) is 177 cm³/mol. The number of ether oxygens (including phenoxy) is 1. The molecule has 3 heterocycles. The summed E-state index contributed by atoms with van der Waals surface area (Å²) < 4.78 is 22.9. The molecule has 9 nitrogen and oxygen atoms in total. The van der Waals surface area contributed by atoms with Crippen molar-refractivity contribution in [2.45, 2.75) is 69.1 Å². The molecule has 3 aromatic rings. The van der Waals surface area contributed by atoms with E-state index in [-0.39, 0.29) is 43.3 Å². The van der Waals surface area contributed by atoms with Crippen LogP contribution in [0.15, 0.2) is 72.8 Å². The quantitative estimate of drug-likeness (QED) is 0.176. The zero-order chi connectivity index (χ0) is 32.8. The number of para-hydroxylation sites is 1. The second-order valence-corrected chi connectivity index (χ2v) is 17.0. The molecule has 0 unspecified atom stereocenters. The Bertz CT molecular complexity index is 1650. The molecule has 1 spiro atoms. The number of hydrogen-bond acceptors (Lipinski definition) is 6. The lowest BCUT2D eigenvalue weighted by molar-refractivity contribution is -0.150. The molecule has 6 rings (SSSR count). The lowest BCUT2D eigenvalue weighted by Gasteiger charge is -2.31. The number of fused-ring (bicyclic) bond motifs is 2. The zero-order valence-corrected chi connectivity index (χ0v) is 27.4. The summed E-state index contributed by atoms with van der Waals surface area (Å²) in [4.78, 5) is 44.3. The third-order valence-electron chi connectivity index (χ3n) is 9.85. The van der Waals surface area contributed by atoms with Crippen LogP contribution in [0.2, 0.25) is 18.6 Å². The van der Waals surface area contributed by atoms with Crippen LogP contribution in [0.4, 0.5) is 21.2 Å². The lowest BCUT2D eigenvalue weighted by atomic mass is 9.82. The summed E-state index contributed by atoms with van der Waals surface area (Å²) in [6.07, 6.45) is 0.716. The topological polar surface area (TPSA) is 125 Å². The van der Waals surface area contributed by atoms with E-state index in [1.54, 1.807) is 53.2 Å². The van der Waals surface area contributed by atoms with E-state index >= 15 is 4.11 Å². The number of amides is 3. The Hall–Kier alpha value is -4.06. The first-order valence-electron chi connectivity index (χ1n) is 15.9. The standard InChI is InChI=1S/C35H41FN4O5Si/c1-22-32(46(2,3)36)30(19-31(42)39-17-7-10-27(39)21-41)45-35(22)28-11-4-5-12-29(28)40(34(35)44)20-23-8-6-9-26(18-23)38-33(43)24-13-15-25(37)16-14-24/h4-6,8-9,11-16,18,22,27,30,32,41H,7,10,17,19-21,37H2,1-3H3,(H,38,43)/t22-,27+,30+,32-,35+/m1/s1. The van der Waals surface area contributed by atoms with Crippen LogP contribution >= 0.6 is 0 Å². The van der Waals surface area contributed by atoms with E-state index in [2.05, 4.69) is 5.32 Å². The lowest BCUT2D eigenvalue weighted by Crippen LogP contribution is -2.45. The van der Waals surface area contributed by atoms with Gasteiger partial charge in [-0.05, 0) is 74.0 Å². The highest BCUT2D eigenvalue weighted by molar-refractivity contribution is 6.72. The number of aliphatic hydroxyl groups is 1. The number of benzene rings is 3. The van der Waals surface area contributed by atoms with Gasteiger partial charge in [-0.1, -0.05) is 37.3 Å². The first kappa shape index (κ1) is 31.9. The number of carbonyl (C=O) groups excluding carboxylic acids is 3. The number of rotatable bonds is 8.